The van der Waals surface area contributed by atoms with Gasteiger partial charge in [0.15, 0.2) is 0 Å². The maximum Gasteiger partial charge on any atom is 0.315 e. The fourth-order valence-corrected chi connectivity index (χ4v) is 1.88. The lowest BCUT2D eigenvalue weighted by Gasteiger charge is -2.09. The Morgan fingerprint density at radius 1 is 1.29 bits per heavy atom. The zero-order chi connectivity index (χ0) is 15.4. The minimum atomic E-state index is -0.589. The van der Waals surface area contributed by atoms with Gasteiger partial charge in [-0.2, -0.15) is 5.26 Å². The normalized spacial score (nSPS) is 9.76. The molecule has 0 saturated heterocycles. The molecule has 2 aromatic rings. The topological polar surface area (TPSA) is 85.4 Å². The van der Waals surface area contributed by atoms with Gasteiger partial charge >= 0.3 is 5.69 Å². The number of nitrogens with zero attached hydrogens (tertiary/aromatic N) is 2. The van der Waals surface area contributed by atoms with Crippen molar-refractivity contribution >= 4 is 17.3 Å². The van der Waals surface area contributed by atoms with Gasteiger partial charge in [-0.25, -0.2) is 0 Å². The van der Waals surface area contributed by atoms with E-state index in [0.29, 0.717) is 5.75 Å². The fraction of sp³-hybridized carbons (Fsp3) is 0.0714. The van der Waals surface area contributed by atoms with Crippen molar-refractivity contribution in [1.82, 2.24) is 0 Å². The van der Waals surface area contributed by atoms with E-state index in [9.17, 15) is 10.1 Å². The summed E-state index contributed by atoms with van der Waals surface area (Å²) < 4.78 is 10.4. The number of methoxy groups -OCH3 is 1. The van der Waals surface area contributed by atoms with Gasteiger partial charge in [0.2, 0.25) is 5.75 Å². The number of hydrogen-bond acceptors (Lipinski definition) is 5. The molecule has 2 aromatic carbocycles. The molecule has 0 aromatic heterocycles. The highest BCUT2D eigenvalue weighted by Crippen LogP contribution is 2.36. The number of halogens is 1. The molecular weight excluding hydrogens is 296 g/mol. The second-order valence-corrected chi connectivity index (χ2v) is 4.32. The van der Waals surface area contributed by atoms with Gasteiger partial charge in [0.05, 0.1) is 23.1 Å². The van der Waals surface area contributed by atoms with Gasteiger partial charge in [0.1, 0.15) is 23.1 Å². The molecule has 0 spiro atoms. The number of ether oxygens (including phenoxy) is 2. The molecule has 0 radical (unpaired) electrons. The van der Waals surface area contributed by atoms with Crippen molar-refractivity contribution in [2.24, 2.45) is 0 Å². The van der Waals surface area contributed by atoms with Crippen LogP contribution in [-0.4, -0.2) is 12.0 Å². The average Bonchev–Trinajstić information content (AvgIpc) is 2.47. The highest BCUT2D eigenvalue weighted by molar-refractivity contribution is 6.31. The summed E-state index contributed by atoms with van der Waals surface area (Å²) in [7, 11) is 1.41. The van der Waals surface area contributed by atoms with E-state index in [1.54, 1.807) is 6.07 Å². The van der Waals surface area contributed by atoms with Crippen molar-refractivity contribution in [3.63, 3.8) is 0 Å². The van der Waals surface area contributed by atoms with Crippen molar-refractivity contribution < 1.29 is 14.4 Å². The van der Waals surface area contributed by atoms with Gasteiger partial charge in [-0.05, 0) is 24.3 Å². The van der Waals surface area contributed by atoms with Crippen LogP contribution in [0.4, 0.5) is 5.69 Å². The Kier molecular flexibility index (Phi) is 4.26. The molecule has 2 rings (SSSR count). The molecule has 0 N–H and O–H groups in total. The Hall–Kier alpha value is -2.78. The van der Waals surface area contributed by atoms with E-state index in [1.807, 2.05) is 6.07 Å². The SMILES string of the molecule is COc1ccc(Oc2cccc(Cl)c2C#N)c([N+](=O)[O-])c1. The van der Waals surface area contributed by atoms with Gasteiger partial charge in [-0.1, -0.05) is 17.7 Å². The average molecular weight is 305 g/mol. The number of hydrogen-bond donors (Lipinski definition) is 0. The molecular formula is C14H9ClN2O4. The van der Waals surface area contributed by atoms with E-state index >= 15 is 0 Å². The van der Waals surface area contributed by atoms with Crippen LogP contribution in [-0.2, 0) is 0 Å². The molecule has 0 amide bonds. The summed E-state index contributed by atoms with van der Waals surface area (Å²) in [6.45, 7) is 0. The van der Waals surface area contributed by atoms with Crippen LogP contribution < -0.4 is 9.47 Å². The summed E-state index contributed by atoms with van der Waals surface area (Å²) in [5.74, 6) is 0.485. The first-order valence-electron chi connectivity index (χ1n) is 5.75. The molecule has 106 valence electrons. The predicted octanol–water partition coefficient (Wildman–Crippen LogP) is 3.92. The third-order valence-corrected chi connectivity index (χ3v) is 2.98. The lowest BCUT2D eigenvalue weighted by molar-refractivity contribution is -0.385. The molecule has 0 fully saturated rings. The third kappa shape index (κ3) is 3.04. The third-order valence-electron chi connectivity index (χ3n) is 2.67. The highest BCUT2D eigenvalue weighted by Gasteiger charge is 2.19. The molecule has 21 heavy (non-hydrogen) atoms. The largest absolute Gasteiger partial charge is 0.496 e. The van der Waals surface area contributed by atoms with Crippen LogP contribution in [0.25, 0.3) is 0 Å². The van der Waals surface area contributed by atoms with E-state index in [-0.39, 0.29) is 27.8 Å². The van der Waals surface area contributed by atoms with Crippen molar-refractivity contribution in [2.45, 2.75) is 0 Å². The van der Waals surface area contributed by atoms with Gasteiger partial charge in [0.25, 0.3) is 0 Å². The molecule has 0 bridgehead atoms. The fourth-order valence-electron chi connectivity index (χ4n) is 1.67. The van der Waals surface area contributed by atoms with Gasteiger partial charge in [0, 0.05) is 0 Å². The Labute approximate surface area is 125 Å². The molecule has 0 aliphatic carbocycles. The van der Waals surface area contributed by atoms with Gasteiger partial charge in [-0.15, -0.1) is 0 Å². The Morgan fingerprint density at radius 2 is 2.05 bits per heavy atom. The number of nitriles is 1. The molecule has 0 heterocycles. The summed E-state index contributed by atoms with van der Waals surface area (Å²) in [5, 5.41) is 20.4. The van der Waals surface area contributed by atoms with Crippen LogP contribution in [0.1, 0.15) is 5.56 Å². The zero-order valence-electron chi connectivity index (χ0n) is 10.9. The summed E-state index contributed by atoms with van der Waals surface area (Å²) in [6, 6.07) is 10.7. The van der Waals surface area contributed by atoms with Crippen molar-refractivity contribution in [3.05, 3.63) is 57.1 Å². The van der Waals surface area contributed by atoms with Crippen LogP contribution >= 0.6 is 11.6 Å². The number of rotatable bonds is 4. The summed E-state index contributed by atoms with van der Waals surface area (Å²) in [4.78, 5) is 10.5. The molecule has 0 aliphatic heterocycles. The second-order valence-electron chi connectivity index (χ2n) is 3.92. The molecule has 0 atom stereocenters. The van der Waals surface area contributed by atoms with E-state index < -0.39 is 4.92 Å². The maximum atomic E-state index is 11.1. The first-order chi connectivity index (χ1) is 10.1. The molecule has 0 aliphatic rings. The zero-order valence-corrected chi connectivity index (χ0v) is 11.6. The molecule has 6 nitrogen and oxygen atoms in total. The van der Waals surface area contributed by atoms with Crippen LogP contribution in [0.2, 0.25) is 5.02 Å². The molecule has 0 unspecified atom stereocenters. The quantitative estimate of drug-likeness (QED) is 0.631. The summed E-state index contributed by atoms with van der Waals surface area (Å²) >= 11 is 5.89. The van der Waals surface area contributed by atoms with Crippen LogP contribution in [0.5, 0.6) is 17.2 Å². The highest BCUT2D eigenvalue weighted by atomic mass is 35.5. The van der Waals surface area contributed by atoms with Gasteiger partial charge < -0.3 is 9.47 Å². The van der Waals surface area contributed by atoms with E-state index in [0.717, 1.165) is 0 Å². The first kappa shape index (κ1) is 14.6. The lowest BCUT2D eigenvalue weighted by atomic mass is 10.2. The molecule has 7 heteroatoms. The maximum absolute atomic E-state index is 11.1. The summed E-state index contributed by atoms with van der Waals surface area (Å²) in [5.41, 5.74) is -0.150. The Bertz CT molecular complexity index is 740. The van der Waals surface area contributed by atoms with Crippen LogP contribution in [0.3, 0.4) is 0 Å². The Morgan fingerprint density at radius 3 is 2.67 bits per heavy atom. The van der Waals surface area contributed by atoms with E-state index in [1.165, 1.54) is 37.4 Å². The predicted molar refractivity (Wildman–Crippen MR) is 75.9 cm³/mol. The smallest absolute Gasteiger partial charge is 0.315 e. The van der Waals surface area contributed by atoms with Crippen molar-refractivity contribution in [1.29, 1.82) is 5.26 Å². The van der Waals surface area contributed by atoms with Crippen molar-refractivity contribution in [2.75, 3.05) is 7.11 Å². The molecule has 0 saturated carbocycles. The second kappa shape index (κ2) is 6.11. The minimum Gasteiger partial charge on any atom is -0.496 e. The van der Waals surface area contributed by atoms with Crippen molar-refractivity contribution in [3.8, 4) is 23.3 Å². The first-order valence-corrected chi connectivity index (χ1v) is 6.13. The van der Waals surface area contributed by atoms with Crippen LogP contribution in [0.15, 0.2) is 36.4 Å². The van der Waals surface area contributed by atoms with E-state index in [4.69, 9.17) is 26.3 Å². The van der Waals surface area contributed by atoms with Gasteiger partial charge in [-0.3, -0.25) is 10.1 Å². The van der Waals surface area contributed by atoms with Crippen LogP contribution in [0, 0.1) is 21.4 Å². The number of nitro benzene ring substituents is 1. The monoisotopic (exact) mass is 304 g/mol. The number of nitro groups is 1. The minimum absolute atomic E-state index is 0.000401. The Balaban J connectivity index is 2.48. The van der Waals surface area contributed by atoms with E-state index in [2.05, 4.69) is 0 Å². The lowest BCUT2D eigenvalue weighted by Crippen LogP contribution is -1.96. The standard InChI is InChI=1S/C14H9ClN2O4/c1-20-9-5-6-14(12(7-9)17(18)19)21-13-4-2-3-11(15)10(13)8-16/h2-7H,1H3. The summed E-state index contributed by atoms with van der Waals surface area (Å²) in [6.07, 6.45) is 0. The number of benzene rings is 2.